The molecule has 30 nitrogen and oxygen atoms in total. The van der Waals surface area contributed by atoms with Crippen LogP contribution in [-0.4, -0.2) is 110 Å². The zero-order valence-electron chi connectivity index (χ0n) is 74.5. The van der Waals surface area contributed by atoms with Crippen molar-refractivity contribution in [3.8, 4) is 0 Å². The summed E-state index contributed by atoms with van der Waals surface area (Å²) in [6, 6.07) is 73.6. The molecule has 140 heavy (non-hydrogen) atoms. The number of aromatic nitrogens is 10. The summed E-state index contributed by atoms with van der Waals surface area (Å²) in [6.45, 7) is 7.01. The van der Waals surface area contributed by atoms with Crippen LogP contribution in [0, 0.1) is 23.3 Å². The van der Waals surface area contributed by atoms with Gasteiger partial charge in [0.05, 0.1) is 125 Å². The smallest absolute Gasteiger partial charge is 0.229 e. The SMILES string of the molecule is CC(=O)N(c1ccc(F)cc1)c1cc(NC(=O)Cc2c(F)cccc2Cl)cnn1.CC(=O)N(c1ccccc1)c1cc(NC(=O)Cc2c(Cl)cccc2Cl)cnn1.CC(=O)N(c1ccccc1)c1cc(NC(=O)Cc2ccc(F)cc2Cl)cnn1.CC(=O)N(c1ccccc1)c1cc(NC(=O)Cc2cccc(F)c2Cl)cnn1.CC(=O)N(c1ccccc1)c1cc(NC(=O)Cc2ccccc2Cl)cnn1. The predicted molar refractivity (Wildman–Crippen MR) is 530 cm³/mol. The van der Waals surface area contributed by atoms with Crippen LogP contribution in [0.5, 0.6) is 0 Å². The third-order valence-electron chi connectivity index (χ3n) is 19.3. The van der Waals surface area contributed by atoms with Crippen molar-refractivity contribution in [2.45, 2.75) is 66.7 Å². The third kappa shape index (κ3) is 30.4. The van der Waals surface area contributed by atoms with Crippen molar-refractivity contribution in [2.75, 3.05) is 51.1 Å². The molecule has 0 atom stereocenters. The number of benzene rings is 10. The average Bonchev–Trinajstić information content (AvgIpc) is 0.757. The van der Waals surface area contributed by atoms with Crippen LogP contribution in [-0.2, 0) is 80.0 Å². The number of halogens is 10. The van der Waals surface area contributed by atoms with Crippen LogP contribution in [0.3, 0.4) is 0 Å². The molecule has 0 fully saturated rings. The van der Waals surface area contributed by atoms with Gasteiger partial charge >= 0.3 is 0 Å². The second kappa shape index (κ2) is 51.1. The van der Waals surface area contributed by atoms with Gasteiger partial charge in [-0.15, -0.1) is 25.5 Å². The highest BCUT2D eigenvalue weighted by molar-refractivity contribution is 6.36. The normalized spacial score (nSPS) is 10.4. The lowest BCUT2D eigenvalue weighted by molar-refractivity contribution is -0.116. The zero-order chi connectivity index (χ0) is 100. The first-order valence-electron chi connectivity index (χ1n) is 41.8. The Labute approximate surface area is 828 Å². The standard InChI is InChI=1S/C20H16Cl2N4O2.C20H15ClF2N4O2.2C20H16ClFN4O2.C20H17ClN4O2/c1-13(27)26(15-6-3-2-4-7-15)19-10-14(12-23-25-19)24-20(28)11-16-17(21)8-5-9-18(16)22;1-12(28)27(15-7-5-13(22)6-8-15)19-9-14(11-24-26-19)25-20(29)10-16-17(21)3-2-4-18(16)23;1-13(27)26(16-7-3-2-4-8-16)18-11-15(12-23-25-18)24-19(28)10-14-6-5-9-17(22)20(14)21;1-13(27)26(17-5-3-2-4-6-17)19-11-16(12-23-25-19)24-20(28)9-14-7-8-15(22)10-18(14)21;1-14(26)25(17-8-3-2-4-9-17)19-12-16(13-22-24-19)23-20(27)11-15-7-5-6-10-18(15)21/h2-10,12H,11H2,1H3,(H,24,25,28);2-9,11H,10H2,1H3,(H,25,26,29);2-9,11-12H,10H2,1H3,(H,24,25,28);2-8,10-12H,9H2,1H3,(H,24,25,28);2-10,12-13H,11H2,1H3,(H,23,24,27). The maximum Gasteiger partial charge on any atom is 0.229 e. The topological polar surface area (TPSA) is 376 Å². The molecule has 5 N–H and O–H groups in total. The van der Waals surface area contributed by atoms with E-state index in [1.807, 2.05) is 60.7 Å². The van der Waals surface area contributed by atoms with Crippen LogP contribution in [0.4, 0.5) is 104 Å². The van der Waals surface area contributed by atoms with Gasteiger partial charge in [-0.05, 0) is 144 Å². The molecule has 0 bridgehead atoms. The summed E-state index contributed by atoms with van der Waals surface area (Å²) in [5.74, 6) is -3.96. The summed E-state index contributed by atoms with van der Waals surface area (Å²) >= 11 is 36.1. The van der Waals surface area contributed by atoms with Crippen LogP contribution in [0.2, 0.25) is 30.1 Å². The maximum absolute atomic E-state index is 13.9. The van der Waals surface area contributed by atoms with Crippen molar-refractivity contribution in [3.63, 3.8) is 0 Å². The van der Waals surface area contributed by atoms with Gasteiger partial charge in [0.15, 0.2) is 29.1 Å². The molecule has 15 aromatic rings. The molecular formula is C100H80Cl6F4N20O10. The number of nitrogens with zero attached hydrogens (tertiary/aromatic N) is 15. The van der Waals surface area contributed by atoms with Crippen LogP contribution >= 0.6 is 69.6 Å². The number of carbonyl (C=O) groups excluding carboxylic acids is 10. The zero-order valence-corrected chi connectivity index (χ0v) is 79.0. The van der Waals surface area contributed by atoms with Crippen molar-refractivity contribution in [1.82, 2.24) is 51.0 Å². The Morgan fingerprint density at radius 1 is 0.250 bits per heavy atom. The van der Waals surface area contributed by atoms with E-state index in [9.17, 15) is 65.5 Å². The molecule has 710 valence electrons. The number of hydrogen-bond acceptors (Lipinski definition) is 20. The molecule has 0 saturated carbocycles. The molecule has 0 aliphatic rings. The van der Waals surface area contributed by atoms with Crippen LogP contribution in [0.15, 0.2) is 304 Å². The molecule has 5 aromatic heterocycles. The monoisotopic (exact) mass is 2010 g/mol. The van der Waals surface area contributed by atoms with Gasteiger partial charge in [-0.25, -0.2) is 17.6 Å². The van der Waals surface area contributed by atoms with Crippen molar-refractivity contribution < 1.29 is 65.5 Å². The van der Waals surface area contributed by atoms with E-state index >= 15 is 0 Å². The Morgan fingerprint density at radius 2 is 0.507 bits per heavy atom. The van der Waals surface area contributed by atoms with E-state index in [1.54, 1.807) is 127 Å². The first kappa shape index (κ1) is 104. The van der Waals surface area contributed by atoms with E-state index in [1.165, 1.54) is 169 Å². The fourth-order valence-corrected chi connectivity index (χ4v) is 14.6. The van der Waals surface area contributed by atoms with E-state index in [0.717, 1.165) is 11.6 Å². The number of hydrogen-bond donors (Lipinski definition) is 5. The molecule has 0 spiro atoms. The van der Waals surface area contributed by atoms with Gasteiger partial charge in [0.2, 0.25) is 59.1 Å². The first-order chi connectivity index (χ1) is 67.2. The third-order valence-corrected chi connectivity index (χ3v) is 21.6. The Kier molecular flexibility index (Phi) is 38.0. The van der Waals surface area contributed by atoms with E-state index in [4.69, 9.17) is 69.6 Å². The van der Waals surface area contributed by atoms with E-state index in [-0.39, 0.29) is 123 Å². The fraction of sp³-hybridized carbons (Fsp3) is 0.100. The van der Waals surface area contributed by atoms with Gasteiger partial charge in [-0.3, -0.25) is 72.4 Å². The lowest BCUT2D eigenvalue weighted by atomic mass is 10.1. The Morgan fingerprint density at radius 3 is 0.836 bits per heavy atom. The van der Waals surface area contributed by atoms with Crippen molar-refractivity contribution in [3.05, 3.63) is 385 Å². The highest BCUT2D eigenvalue weighted by atomic mass is 35.5. The minimum atomic E-state index is -0.584. The molecule has 0 aliphatic heterocycles. The largest absolute Gasteiger partial charge is 0.324 e. The number of nitrogens with one attached hydrogen (secondary N) is 5. The minimum Gasteiger partial charge on any atom is -0.324 e. The summed E-state index contributed by atoms with van der Waals surface area (Å²) in [7, 11) is 0. The van der Waals surface area contributed by atoms with Crippen molar-refractivity contribution in [1.29, 1.82) is 0 Å². The van der Waals surface area contributed by atoms with Gasteiger partial charge in [-0.1, -0.05) is 191 Å². The van der Waals surface area contributed by atoms with E-state index in [0.29, 0.717) is 94.6 Å². The summed E-state index contributed by atoms with van der Waals surface area (Å²) < 4.78 is 53.7. The second-order valence-corrected chi connectivity index (χ2v) is 32.1. The van der Waals surface area contributed by atoms with Gasteiger partial charge in [0.25, 0.3) is 0 Å². The molecule has 0 saturated heterocycles. The number of anilines is 15. The number of amides is 10. The minimum absolute atomic E-state index is 0.00523. The number of carbonyl (C=O) groups is 10. The highest BCUT2D eigenvalue weighted by Gasteiger charge is 2.26. The molecule has 0 radical (unpaired) electrons. The molecular weight excluding hydrogens is 1930 g/mol. The summed E-state index contributed by atoms with van der Waals surface area (Å²) in [4.78, 5) is 129. The quantitative estimate of drug-likeness (QED) is 0.0332. The summed E-state index contributed by atoms with van der Waals surface area (Å²) in [5.41, 5.74) is 6.99. The van der Waals surface area contributed by atoms with Crippen LogP contribution in [0.1, 0.15) is 62.4 Å². The lowest BCUT2D eigenvalue weighted by Crippen LogP contribution is -2.24. The van der Waals surface area contributed by atoms with Gasteiger partial charge in [0.1, 0.15) is 23.3 Å². The Bertz CT molecular complexity index is 6940. The maximum atomic E-state index is 13.9. The Balaban J connectivity index is 0.000000167. The first-order valence-corrected chi connectivity index (χ1v) is 44.1. The summed E-state index contributed by atoms with van der Waals surface area (Å²) in [5, 5.41) is 54.3. The predicted octanol–water partition coefficient (Wildman–Crippen LogP) is 21.2. The second-order valence-electron chi connectivity index (χ2n) is 29.7. The molecule has 40 heteroatoms. The molecule has 0 aliphatic carbocycles. The van der Waals surface area contributed by atoms with Gasteiger partial charge in [0, 0.05) is 95.6 Å². The average molecular weight is 2010 g/mol. The van der Waals surface area contributed by atoms with Gasteiger partial charge in [-0.2, -0.15) is 25.5 Å². The Hall–Kier alpha value is -16.2. The molecule has 0 unspecified atom stereocenters. The van der Waals surface area contributed by atoms with E-state index < -0.39 is 35.1 Å². The van der Waals surface area contributed by atoms with E-state index in [2.05, 4.69) is 77.6 Å². The fourth-order valence-electron chi connectivity index (χ4n) is 13.2. The van der Waals surface area contributed by atoms with Crippen LogP contribution < -0.4 is 51.1 Å². The molecule has 5 heterocycles. The number of rotatable bonds is 25. The summed E-state index contributed by atoms with van der Waals surface area (Å²) in [6.07, 6.45) is 6.56. The highest BCUT2D eigenvalue weighted by Crippen LogP contribution is 2.34. The molecule has 10 aromatic carbocycles. The van der Waals surface area contributed by atoms with Crippen molar-refractivity contribution in [2.24, 2.45) is 0 Å². The molecule has 10 amide bonds. The van der Waals surface area contributed by atoms with Crippen molar-refractivity contribution >= 4 is 215 Å². The molecule has 15 rings (SSSR count). The number of para-hydroxylation sites is 4. The van der Waals surface area contributed by atoms with Gasteiger partial charge < -0.3 is 26.6 Å². The lowest BCUT2D eigenvalue weighted by Gasteiger charge is -2.20. The van der Waals surface area contributed by atoms with Crippen LogP contribution in [0.25, 0.3) is 0 Å².